The smallest absolute Gasteiger partial charge is 0.267 e. The van der Waals surface area contributed by atoms with E-state index in [9.17, 15) is 9.59 Å². The molecule has 7 nitrogen and oxygen atoms in total. The standard InChI is InChI=1S/C16H22N4O3/c17-15(21)14-10-13(3-4-18-14)20-5-1-2-12(11-20)16(22)19-6-8-23-9-7-19/h3-4,10,12H,1-2,5-9,11H2,(H2,17,21). The first kappa shape index (κ1) is 15.7. The zero-order chi connectivity index (χ0) is 16.2. The summed E-state index contributed by atoms with van der Waals surface area (Å²) in [6.45, 7) is 4.13. The Kier molecular flexibility index (Phi) is 4.76. The number of nitrogens with zero attached hydrogens (tertiary/aromatic N) is 3. The molecule has 0 spiro atoms. The second kappa shape index (κ2) is 6.95. The molecule has 7 heteroatoms. The maximum atomic E-state index is 12.7. The molecule has 2 saturated heterocycles. The molecule has 0 saturated carbocycles. The summed E-state index contributed by atoms with van der Waals surface area (Å²) in [5.41, 5.74) is 6.44. The number of pyridine rings is 1. The summed E-state index contributed by atoms with van der Waals surface area (Å²) < 4.78 is 5.31. The van der Waals surface area contributed by atoms with E-state index in [0.29, 0.717) is 32.8 Å². The van der Waals surface area contributed by atoms with Gasteiger partial charge in [-0.25, -0.2) is 0 Å². The van der Waals surface area contributed by atoms with Crippen molar-refractivity contribution in [2.45, 2.75) is 12.8 Å². The van der Waals surface area contributed by atoms with Crippen molar-refractivity contribution < 1.29 is 14.3 Å². The van der Waals surface area contributed by atoms with Crippen molar-refractivity contribution in [1.82, 2.24) is 9.88 Å². The van der Waals surface area contributed by atoms with Gasteiger partial charge in [-0.1, -0.05) is 0 Å². The third-order valence-corrected chi connectivity index (χ3v) is 4.45. The van der Waals surface area contributed by atoms with E-state index in [0.717, 1.165) is 25.1 Å². The number of hydrogen-bond acceptors (Lipinski definition) is 5. The fourth-order valence-electron chi connectivity index (χ4n) is 3.21. The molecule has 1 unspecified atom stereocenters. The van der Waals surface area contributed by atoms with E-state index in [2.05, 4.69) is 9.88 Å². The third kappa shape index (κ3) is 3.61. The van der Waals surface area contributed by atoms with Crippen LogP contribution in [-0.2, 0) is 9.53 Å². The summed E-state index contributed by atoms with van der Waals surface area (Å²) in [6.07, 6.45) is 3.44. The van der Waals surface area contributed by atoms with Crippen molar-refractivity contribution in [2.24, 2.45) is 11.7 Å². The van der Waals surface area contributed by atoms with E-state index in [1.54, 1.807) is 12.3 Å². The van der Waals surface area contributed by atoms with Gasteiger partial charge in [-0.3, -0.25) is 14.6 Å². The maximum absolute atomic E-state index is 12.7. The van der Waals surface area contributed by atoms with E-state index < -0.39 is 5.91 Å². The molecule has 2 amide bonds. The first-order chi connectivity index (χ1) is 11.1. The number of piperidine rings is 1. The molecule has 0 radical (unpaired) electrons. The molecule has 124 valence electrons. The van der Waals surface area contributed by atoms with Gasteiger partial charge >= 0.3 is 0 Å². The van der Waals surface area contributed by atoms with Gasteiger partial charge in [0.1, 0.15) is 5.69 Å². The van der Waals surface area contributed by atoms with Crippen LogP contribution in [0.25, 0.3) is 0 Å². The van der Waals surface area contributed by atoms with Crippen LogP contribution < -0.4 is 10.6 Å². The van der Waals surface area contributed by atoms with Crippen molar-refractivity contribution >= 4 is 17.5 Å². The number of ether oxygens (including phenoxy) is 1. The van der Waals surface area contributed by atoms with Crippen molar-refractivity contribution in [3.05, 3.63) is 24.0 Å². The Morgan fingerprint density at radius 1 is 1.26 bits per heavy atom. The number of hydrogen-bond donors (Lipinski definition) is 1. The molecule has 0 aromatic carbocycles. The summed E-state index contributed by atoms with van der Waals surface area (Å²) in [6, 6.07) is 3.55. The lowest BCUT2D eigenvalue weighted by Crippen LogP contribution is -2.48. The number of carbonyl (C=O) groups excluding carboxylic acids is 2. The van der Waals surface area contributed by atoms with E-state index in [-0.39, 0.29) is 17.5 Å². The van der Waals surface area contributed by atoms with Crippen LogP contribution in [0.4, 0.5) is 5.69 Å². The highest BCUT2D eigenvalue weighted by Gasteiger charge is 2.30. The number of aromatic nitrogens is 1. The monoisotopic (exact) mass is 318 g/mol. The summed E-state index contributed by atoms with van der Waals surface area (Å²) in [7, 11) is 0. The molecule has 3 heterocycles. The van der Waals surface area contributed by atoms with Crippen LogP contribution in [0.2, 0.25) is 0 Å². The predicted molar refractivity (Wildman–Crippen MR) is 85.1 cm³/mol. The van der Waals surface area contributed by atoms with Gasteiger partial charge in [-0.15, -0.1) is 0 Å². The van der Waals surface area contributed by atoms with Crippen LogP contribution in [0, 0.1) is 5.92 Å². The molecule has 3 rings (SSSR count). The quantitative estimate of drug-likeness (QED) is 0.863. The highest BCUT2D eigenvalue weighted by atomic mass is 16.5. The summed E-state index contributed by atoms with van der Waals surface area (Å²) in [5, 5.41) is 0. The number of morpholine rings is 1. The van der Waals surface area contributed by atoms with Gasteiger partial charge < -0.3 is 20.3 Å². The highest BCUT2D eigenvalue weighted by Crippen LogP contribution is 2.25. The molecular weight excluding hydrogens is 296 g/mol. The van der Waals surface area contributed by atoms with Gasteiger partial charge in [0.05, 0.1) is 19.1 Å². The van der Waals surface area contributed by atoms with Crippen LogP contribution in [0.5, 0.6) is 0 Å². The third-order valence-electron chi connectivity index (χ3n) is 4.45. The van der Waals surface area contributed by atoms with Crippen molar-refractivity contribution in [3.63, 3.8) is 0 Å². The summed E-state index contributed by atoms with van der Waals surface area (Å²) in [4.78, 5) is 32.0. The fraction of sp³-hybridized carbons (Fsp3) is 0.562. The molecule has 1 aromatic rings. The van der Waals surface area contributed by atoms with Crippen LogP contribution in [0.15, 0.2) is 18.3 Å². The fourth-order valence-corrected chi connectivity index (χ4v) is 3.21. The molecular formula is C16H22N4O3. The van der Waals surface area contributed by atoms with Gasteiger partial charge in [0.2, 0.25) is 5.91 Å². The van der Waals surface area contributed by atoms with Gasteiger partial charge in [-0.2, -0.15) is 0 Å². The lowest BCUT2D eigenvalue weighted by atomic mass is 9.96. The Labute approximate surface area is 135 Å². The first-order valence-corrected chi connectivity index (χ1v) is 8.02. The van der Waals surface area contributed by atoms with E-state index in [4.69, 9.17) is 10.5 Å². The second-order valence-corrected chi connectivity index (χ2v) is 5.99. The summed E-state index contributed by atoms with van der Waals surface area (Å²) in [5.74, 6) is -0.334. The molecule has 1 atom stereocenters. The molecule has 1 aromatic heterocycles. The Morgan fingerprint density at radius 2 is 2.04 bits per heavy atom. The maximum Gasteiger partial charge on any atom is 0.267 e. The predicted octanol–water partition coefficient (Wildman–Crippen LogP) is 0.256. The molecule has 2 fully saturated rings. The number of primary amides is 1. The Hall–Kier alpha value is -2.15. The molecule has 23 heavy (non-hydrogen) atoms. The van der Waals surface area contributed by atoms with Crippen LogP contribution in [0.1, 0.15) is 23.3 Å². The first-order valence-electron chi connectivity index (χ1n) is 8.02. The SMILES string of the molecule is NC(=O)c1cc(N2CCCC(C(=O)N3CCOCC3)C2)ccn1. The molecule has 0 aliphatic carbocycles. The average molecular weight is 318 g/mol. The minimum atomic E-state index is -0.537. The zero-order valence-electron chi connectivity index (χ0n) is 13.1. The van der Waals surface area contributed by atoms with Crippen LogP contribution in [-0.4, -0.2) is 61.1 Å². The Bertz CT molecular complexity index is 586. The lowest BCUT2D eigenvalue weighted by molar-refractivity contribution is -0.139. The van der Waals surface area contributed by atoms with Crippen molar-refractivity contribution in [3.8, 4) is 0 Å². The topological polar surface area (TPSA) is 88.8 Å². The minimum absolute atomic E-state index is 0.00737. The Morgan fingerprint density at radius 3 is 2.78 bits per heavy atom. The van der Waals surface area contributed by atoms with E-state index in [1.807, 2.05) is 11.0 Å². The van der Waals surface area contributed by atoms with Gasteiger partial charge in [0.15, 0.2) is 0 Å². The molecule has 2 aliphatic heterocycles. The molecule has 0 bridgehead atoms. The normalized spacial score (nSPS) is 22.0. The van der Waals surface area contributed by atoms with E-state index in [1.165, 1.54) is 0 Å². The van der Waals surface area contributed by atoms with Gasteiger partial charge in [-0.05, 0) is 25.0 Å². The van der Waals surface area contributed by atoms with Crippen molar-refractivity contribution in [2.75, 3.05) is 44.3 Å². The number of rotatable bonds is 3. The van der Waals surface area contributed by atoms with Gasteiger partial charge in [0.25, 0.3) is 5.91 Å². The average Bonchev–Trinajstić information content (AvgIpc) is 2.62. The number of anilines is 1. The molecule has 2 N–H and O–H groups in total. The number of nitrogens with two attached hydrogens (primary N) is 1. The van der Waals surface area contributed by atoms with Crippen LogP contribution in [0.3, 0.4) is 0 Å². The second-order valence-electron chi connectivity index (χ2n) is 5.99. The van der Waals surface area contributed by atoms with Crippen LogP contribution >= 0.6 is 0 Å². The van der Waals surface area contributed by atoms with Gasteiger partial charge in [0, 0.05) is 38.1 Å². The number of carbonyl (C=O) groups is 2. The largest absolute Gasteiger partial charge is 0.378 e. The number of amides is 2. The zero-order valence-corrected chi connectivity index (χ0v) is 13.1. The Balaban J connectivity index is 1.69. The summed E-state index contributed by atoms with van der Waals surface area (Å²) >= 11 is 0. The molecule has 2 aliphatic rings. The van der Waals surface area contributed by atoms with E-state index >= 15 is 0 Å². The lowest BCUT2D eigenvalue weighted by Gasteiger charge is -2.37. The highest BCUT2D eigenvalue weighted by molar-refractivity contribution is 5.91. The van der Waals surface area contributed by atoms with Crippen molar-refractivity contribution in [1.29, 1.82) is 0 Å². The minimum Gasteiger partial charge on any atom is -0.378 e.